The standard InChI is InChI=1S/C36H64N6.2H2S/c1-2-3-4-5-10-17-42-33(22-28-12-7-6-8-13-28)27-40(35(42)38)16-11-9-14-32-26-39-34(37)41(32)18-15-36-23-29-19-30(24-36)21-31(20-29)25-36;;/h28-33,38H,2-27H2,1H3,(H2,37,39);2*1H2/t29?,30?,31?,32-,33-,36?;;/m0../s1. The van der Waals surface area contributed by atoms with Gasteiger partial charge in [0.15, 0.2) is 11.9 Å². The molecule has 2 saturated heterocycles. The van der Waals surface area contributed by atoms with Crippen molar-refractivity contribution in [2.24, 2.45) is 29.1 Å². The van der Waals surface area contributed by atoms with Gasteiger partial charge in [-0.25, -0.2) is 0 Å². The zero-order valence-corrected chi connectivity index (χ0v) is 30.2. The summed E-state index contributed by atoms with van der Waals surface area (Å²) >= 11 is 0. The van der Waals surface area contributed by atoms with Crippen molar-refractivity contribution < 1.29 is 0 Å². The van der Waals surface area contributed by atoms with E-state index in [0.717, 1.165) is 62.4 Å². The van der Waals surface area contributed by atoms with Gasteiger partial charge in [0.1, 0.15) is 0 Å². The van der Waals surface area contributed by atoms with E-state index < -0.39 is 0 Å². The Balaban J connectivity index is 0.00000221. The summed E-state index contributed by atoms with van der Waals surface area (Å²) in [7, 11) is 0. The highest BCUT2D eigenvalue weighted by atomic mass is 32.1. The Bertz CT molecular complexity index is 872. The summed E-state index contributed by atoms with van der Waals surface area (Å²) in [6.07, 6.45) is 28.9. The molecule has 2 atom stereocenters. The first-order chi connectivity index (χ1) is 20.5. The second-order valence-corrected chi connectivity index (χ2v) is 16.0. The zero-order valence-electron chi connectivity index (χ0n) is 28.2. The predicted molar refractivity (Wildman–Crippen MR) is 196 cm³/mol. The van der Waals surface area contributed by atoms with E-state index in [1.165, 1.54) is 135 Å². The highest BCUT2D eigenvalue weighted by molar-refractivity contribution is 7.59. The van der Waals surface area contributed by atoms with Crippen LogP contribution in [0, 0.1) is 39.9 Å². The molecule has 0 aromatic heterocycles. The van der Waals surface area contributed by atoms with E-state index in [1.54, 1.807) is 0 Å². The van der Waals surface area contributed by atoms with Crippen LogP contribution in [0.5, 0.6) is 0 Å². The molecule has 2 aliphatic heterocycles. The van der Waals surface area contributed by atoms with Crippen LogP contribution < -0.4 is 5.32 Å². The number of nitrogens with one attached hydrogen (secondary N) is 3. The van der Waals surface area contributed by atoms with Crippen molar-refractivity contribution >= 4 is 38.9 Å². The molecule has 254 valence electrons. The van der Waals surface area contributed by atoms with Gasteiger partial charge < -0.3 is 20.0 Å². The number of hydrogen-bond acceptors (Lipinski definition) is 2. The largest absolute Gasteiger partial charge is 0.354 e. The Labute approximate surface area is 284 Å². The fourth-order valence-corrected chi connectivity index (χ4v) is 11.0. The summed E-state index contributed by atoms with van der Waals surface area (Å²) in [5, 5.41) is 21.2. The molecule has 0 unspecified atom stereocenters. The minimum absolute atomic E-state index is 0. The molecular weight excluding hydrogens is 581 g/mol. The molecule has 5 aliphatic carbocycles. The van der Waals surface area contributed by atoms with Crippen molar-refractivity contribution in [3.05, 3.63) is 0 Å². The van der Waals surface area contributed by atoms with E-state index in [2.05, 4.69) is 26.9 Å². The first kappa shape index (κ1) is 36.1. The molecule has 44 heavy (non-hydrogen) atoms. The minimum Gasteiger partial charge on any atom is -0.354 e. The van der Waals surface area contributed by atoms with E-state index in [0.29, 0.717) is 23.5 Å². The molecule has 4 bridgehead atoms. The Hall–Kier alpha value is -0.760. The van der Waals surface area contributed by atoms with E-state index in [-0.39, 0.29) is 27.0 Å². The SMILES string of the molecule is CCCCCCCN1C(=N)N(CCCC[C@H]2CNC(=N)N2CCC23CC4CC(CC(C4)C2)C3)C[C@@H]1CC1CCCCC1.S.S. The molecule has 7 rings (SSSR count). The van der Waals surface area contributed by atoms with Gasteiger partial charge >= 0.3 is 0 Å². The number of rotatable bonds is 16. The van der Waals surface area contributed by atoms with Crippen LogP contribution in [0.15, 0.2) is 0 Å². The second kappa shape index (κ2) is 16.9. The molecule has 7 aliphatic rings. The number of guanidine groups is 2. The van der Waals surface area contributed by atoms with Gasteiger partial charge in [0, 0.05) is 44.8 Å². The van der Waals surface area contributed by atoms with Crippen LogP contribution >= 0.6 is 27.0 Å². The second-order valence-electron chi connectivity index (χ2n) is 16.0. The smallest absolute Gasteiger partial charge is 0.194 e. The van der Waals surface area contributed by atoms with E-state index in [1.807, 2.05) is 0 Å². The van der Waals surface area contributed by atoms with Crippen LogP contribution in [0.4, 0.5) is 0 Å². The molecule has 7 fully saturated rings. The summed E-state index contributed by atoms with van der Waals surface area (Å²) in [6, 6.07) is 1.05. The third kappa shape index (κ3) is 8.77. The number of nitrogens with zero attached hydrogens (tertiary/aromatic N) is 3. The molecule has 0 aromatic rings. The van der Waals surface area contributed by atoms with Crippen molar-refractivity contribution in [2.45, 2.75) is 154 Å². The maximum atomic E-state index is 9.12. The zero-order chi connectivity index (χ0) is 28.9. The van der Waals surface area contributed by atoms with Crippen molar-refractivity contribution in [3.8, 4) is 0 Å². The van der Waals surface area contributed by atoms with Gasteiger partial charge in [0.25, 0.3) is 0 Å². The minimum atomic E-state index is 0. The Morgan fingerprint density at radius 1 is 0.750 bits per heavy atom. The van der Waals surface area contributed by atoms with Gasteiger partial charge in [-0.1, -0.05) is 64.7 Å². The first-order valence-corrected chi connectivity index (χ1v) is 18.7. The van der Waals surface area contributed by atoms with Crippen molar-refractivity contribution in [1.82, 2.24) is 20.0 Å². The summed E-state index contributed by atoms with van der Waals surface area (Å²) in [5.74, 6) is 5.46. The van der Waals surface area contributed by atoms with Crippen LogP contribution in [-0.4, -0.2) is 71.4 Å². The van der Waals surface area contributed by atoms with Gasteiger partial charge in [0.2, 0.25) is 0 Å². The number of unbranched alkanes of at least 4 members (excludes halogenated alkanes) is 5. The summed E-state index contributed by atoms with van der Waals surface area (Å²) in [6.45, 7) is 7.55. The Morgan fingerprint density at radius 3 is 2.09 bits per heavy atom. The average Bonchev–Trinajstić information content (AvgIpc) is 3.47. The van der Waals surface area contributed by atoms with Crippen molar-refractivity contribution in [3.63, 3.8) is 0 Å². The summed E-state index contributed by atoms with van der Waals surface area (Å²) in [4.78, 5) is 7.38. The molecule has 5 saturated carbocycles. The van der Waals surface area contributed by atoms with Crippen LogP contribution in [0.2, 0.25) is 0 Å². The van der Waals surface area contributed by atoms with Gasteiger partial charge in [-0.05, 0) is 106 Å². The monoisotopic (exact) mass is 648 g/mol. The first-order valence-electron chi connectivity index (χ1n) is 18.7. The molecule has 3 N–H and O–H groups in total. The highest BCUT2D eigenvalue weighted by Gasteiger charge is 2.50. The lowest BCUT2D eigenvalue weighted by molar-refractivity contribution is -0.0596. The molecular formula is C36H68N6S2. The van der Waals surface area contributed by atoms with Crippen molar-refractivity contribution in [1.29, 1.82) is 10.8 Å². The fraction of sp³-hybridized carbons (Fsp3) is 0.944. The highest BCUT2D eigenvalue weighted by Crippen LogP contribution is 2.61. The van der Waals surface area contributed by atoms with Crippen molar-refractivity contribution in [2.75, 3.05) is 32.7 Å². The lowest BCUT2D eigenvalue weighted by Gasteiger charge is -2.57. The van der Waals surface area contributed by atoms with E-state index in [9.17, 15) is 0 Å². The normalized spacial score (nSPS) is 33.1. The van der Waals surface area contributed by atoms with Crippen LogP contribution in [-0.2, 0) is 0 Å². The predicted octanol–water partition coefficient (Wildman–Crippen LogP) is 8.06. The van der Waals surface area contributed by atoms with E-state index >= 15 is 0 Å². The maximum absolute atomic E-state index is 9.12. The Morgan fingerprint density at radius 2 is 1.41 bits per heavy atom. The lowest BCUT2D eigenvalue weighted by atomic mass is 9.49. The molecule has 0 aromatic carbocycles. The Kier molecular flexibility index (Phi) is 13.8. The quantitative estimate of drug-likeness (QED) is 0.148. The van der Waals surface area contributed by atoms with Crippen LogP contribution in [0.1, 0.15) is 142 Å². The molecule has 6 nitrogen and oxygen atoms in total. The molecule has 0 radical (unpaired) electrons. The van der Waals surface area contributed by atoms with Gasteiger partial charge in [-0.3, -0.25) is 10.8 Å². The average molecular weight is 649 g/mol. The third-order valence-corrected chi connectivity index (χ3v) is 12.8. The van der Waals surface area contributed by atoms with Gasteiger partial charge in [-0.2, -0.15) is 27.0 Å². The van der Waals surface area contributed by atoms with Crippen LogP contribution in [0.25, 0.3) is 0 Å². The van der Waals surface area contributed by atoms with Gasteiger partial charge in [-0.15, -0.1) is 0 Å². The van der Waals surface area contributed by atoms with E-state index in [4.69, 9.17) is 10.8 Å². The maximum Gasteiger partial charge on any atom is 0.194 e. The third-order valence-electron chi connectivity index (χ3n) is 12.8. The lowest BCUT2D eigenvalue weighted by Crippen LogP contribution is -2.48. The molecule has 0 spiro atoms. The number of hydrogen-bond donors (Lipinski definition) is 3. The summed E-state index contributed by atoms with van der Waals surface area (Å²) < 4.78 is 0. The topological polar surface area (TPSA) is 69.5 Å². The fourth-order valence-electron chi connectivity index (χ4n) is 11.0. The van der Waals surface area contributed by atoms with Crippen LogP contribution in [0.3, 0.4) is 0 Å². The molecule has 8 heteroatoms. The van der Waals surface area contributed by atoms with Gasteiger partial charge in [0.05, 0.1) is 0 Å². The molecule has 2 heterocycles. The summed E-state index contributed by atoms with van der Waals surface area (Å²) in [5.41, 5.74) is 0.605. The molecule has 0 amide bonds.